The molecule has 2 aromatic carbocycles. The van der Waals surface area contributed by atoms with Crippen LogP contribution in [0.1, 0.15) is 11.3 Å². The van der Waals surface area contributed by atoms with E-state index in [1.165, 1.54) is 0 Å². The van der Waals surface area contributed by atoms with E-state index in [0.29, 0.717) is 5.71 Å². The zero-order valence-corrected chi connectivity index (χ0v) is 11.0. The molecule has 0 fully saturated rings. The summed E-state index contributed by atoms with van der Waals surface area (Å²) in [5.41, 5.74) is 3.11. The number of fused-ring (bicyclic) bond motifs is 1. The fraction of sp³-hybridized carbons (Fsp3) is 0.0625. The van der Waals surface area contributed by atoms with E-state index in [2.05, 4.69) is 10.1 Å². The summed E-state index contributed by atoms with van der Waals surface area (Å²) in [6.07, 6.45) is 0. The Bertz CT molecular complexity index is 761. The third kappa shape index (κ3) is 2.12. The number of hydrogen-bond acceptors (Lipinski definition) is 3. The molecule has 0 aliphatic heterocycles. The van der Waals surface area contributed by atoms with Gasteiger partial charge in [0.05, 0.1) is 12.8 Å². The number of benzene rings is 2. The van der Waals surface area contributed by atoms with E-state index in [4.69, 9.17) is 4.74 Å². The summed E-state index contributed by atoms with van der Waals surface area (Å²) in [5, 5.41) is 13.7. The molecule has 3 aromatic rings. The molecule has 3 rings (SSSR count). The molecule has 4 heteroatoms. The van der Waals surface area contributed by atoms with Gasteiger partial charge in [0.2, 0.25) is 0 Å². The van der Waals surface area contributed by atoms with E-state index in [-0.39, 0.29) is 0 Å². The SMILES string of the molecule is COc1ccc2[nH]c(/C(=N\O)c3ccccc3)cc2c1. The van der Waals surface area contributed by atoms with Crippen molar-refractivity contribution in [3.63, 3.8) is 0 Å². The molecule has 1 aromatic heterocycles. The second-order valence-electron chi connectivity index (χ2n) is 4.45. The van der Waals surface area contributed by atoms with Crippen molar-refractivity contribution < 1.29 is 9.94 Å². The normalized spacial score (nSPS) is 11.8. The highest BCUT2D eigenvalue weighted by molar-refractivity contribution is 6.13. The first-order chi connectivity index (χ1) is 9.81. The topological polar surface area (TPSA) is 57.6 Å². The molecule has 0 aliphatic carbocycles. The van der Waals surface area contributed by atoms with Gasteiger partial charge in [0.1, 0.15) is 11.5 Å². The maximum Gasteiger partial charge on any atom is 0.133 e. The molecule has 0 radical (unpaired) electrons. The molecule has 100 valence electrons. The van der Waals surface area contributed by atoms with Crippen LogP contribution >= 0.6 is 0 Å². The third-order valence-corrected chi connectivity index (χ3v) is 3.23. The van der Waals surface area contributed by atoms with Crippen LogP contribution in [0.4, 0.5) is 0 Å². The van der Waals surface area contributed by atoms with Crippen LogP contribution in [0.25, 0.3) is 10.9 Å². The third-order valence-electron chi connectivity index (χ3n) is 3.23. The van der Waals surface area contributed by atoms with Crippen molar-refractivity contribution in [2.75, 3.05) is 7.11 Å². The molecule has 1 heterocycles. The summed E-state index contributed by atoms with van der Waals surface area (Å²) < 4.78 is 5.21. The number of rotatable bonds is 3. The van der Waals surface area contributed by atoms with Crippen molar-refractivity contribution in [3.05, 3.63) is 65.9 Å². The molecule has 0 unspecified atom stereocenters. The predicted molar refractivity (Wildman–Crippen MR) is 78.7 cm³/mol. The molecular weight excluding hydrogens is 252 g/mol. The number of hydrogen-bond donors (Lipinski definition) is 2. The van der Waals surface area contributed by atoms with Crippen LogP contribution in [0.5, 0.6) is 5.75 Å². The summed E-state index contributed by atoms with van der Waals surface area (Å²) >= 11 is 0. The quantitative estimate of drug-likeness (QED) is 0.433. The zero-order chi connectivity index (χ0) is 13.9. The number of methoxy groups -OCH3 is 1. The van der Waals surface area contributed by atoms with E-state index in [9.17, 15) is 5.21 Å². The van der Waals surface area contributed by atoms with E-state index in [1.54, 1.807) is 7.11 Å². The molecule has 0 saturated carbocycles. The van der Waals surface area contributed by atoms with Crippen LogP contribution in [0, 0.1) is 0 Å². The molecule has 0 atom stereocenters. The first-order valence-corrected chi connectivity index (χ1v) is 6.26. The Morgan fingerprint density at radius 3 is 2.60 bits per heavy atom. The van der Waals surface area contributed by atoms with Gasteiger partial charge in [-0.15, -0.1) is 0 Å². The number of aromatic nitrogens is 1. The van der Waals surface area contributed by atoms with Gasteiger partial charge in [-0.2, -0.15) is 0 Å². The van der Waals surface area contributed by atoms with Gasteiger partial charge in [0.25, 0.3) is 0 Å². The Balaban J connectivity index is 2.09. The first kappa shape index (κ1) is 12.3. The molecule has 0 amide bonds. The number of ether oxygens (including phenoxy) is 1. The molecule has 0 aliphatic rings. The van der Waals surface area contributed by atoms with E-state index in [0.717, 1.165) is 27.9 Å². The molecule has 2 N–H and O–H groups in total. The molecule has 0 bridgehead atoms. The lowest BCUT2D eigenvalue weighted by molar-refractivity contribution is 0.319. The van der Waals surface area contributed by atoms with Crippen molar-refractivity contribution in [2.24, 2.45) is 5.16 Å². The lowest BCUT2D eigenvalue weighted by Gasteiger charge is -2.01. The van der Waals surface area contributed by atoms with Gasteiger partial charge in [-0.25, -0.2) is 0 Å². The van der Waals surface area contributed by atoms with Crippen LogP contribution in [-0.4, -0.2) is 23.0 Å². The maximum absolute atomic E-state index is 9.30. The Labute approximate surface area is 116 Å². The van der Waals surface area contributed by atoms with Gasteiger partial charge in [-0.3, -0.25) is 0 Å². The van der Waals surface area contributed by atoms with Crippen LogP contribution in [0.3, 0.4) is 0 Å². The van der Waals surface area contributed by atoms with Gasteiger partial charge < -0.3 is 14.9 Å². The standard InChI is InChI=1S/C16H14N2O2/c1-20-13-7-8-14-12(9-13)10-15(17-14)16(18-19)11-5-3-2-4-6-11/h2-10,17,19H,1H3/b18-16-. The minimum atomic E-state index is 0.515. The van der Waals surface area contributed by atoms with Gasteiger partial charge in [-0.05, 0) is 24.3 Å². The summed E-state index contributed by atoms with van der Waals surface area (Å²) in [6.45, 7) is 0. The number of aromatic amines is 1. The first-order valence-electron chi connectivity index (χ1n) is 6.26. The lowest BCUT2D eigenvalue weighted by Crippen LogP contribution is -2.03. The lowest BCUT2D eigenvalue weighted by atomic mass is 10.1. The number of H-pyrrole nitrogens is 1. The highest BCUT2D eigenvalue weighted by atomic mass is 16.5. The maximum atomic E-state index is 9.30. The fourth-order valence-corrected chi connectivity index (χ4v) is 2.23. The predicted octanol–water partition coefficient (Wildman–Crippen LogP) is 3.40. The van der Waals surface area contributed by atoms with Gasteiger partial charge in [0, 0.05) is 16.5 Å². The zero-order valence-electron chi connectivity index (χ0n) is 11.0. The van der Waals surface area contributed by atoms with E-state index in [1.807, 2.05) is 54.6 Å². The minimum absolute atomic E-state index is 0.515. The molecule has 20 heavy (non-hydrogen) atoms. The molecule has 0 saturated heterocycles. The Kier molecular flexibility index (Phi) is 3.13. The summed E-state index contributed by atoms with van der Waals surface area (Å²) in [4.78, 5) is 3.25. The van der Waals surface area contributed by atoms with Crippen LogP contribution in [-0.2, 0) is 0 Å². The Morgan fingerprint density at radius 2 is 1.90 bits per heavy atom. The summed E-state index contributed by atoms with van der Waals surface area (Å²) in [6, 6.07) is 17.3. The Hall–Kier alpha value is -2.75. The smallest absolute Gasteiger partial charge is 0.133 e. The van der Waals surface area contributed by atoms with Crippen molar-refractivity contribution in [1.29, 1.82) is 0 Å². The van der Waals surface area contributed by atoms with Crippen LogP contribution in [0.2, 0.25) is 0 Å². The average molecular weight is 266 g/mol. The summed E-state index contributed by atoms with van der Waals surface area (Å²) in [7, 11) is 1.64. The second kappa shape index (κ2) is 5.09. The van der Waals surface area contributed by atoms with Crippen molar-refractivity contribution >= 4 is 16.6 Å². The molecular formula is C16H14N2O2. The van der Waals surface area contributed by atoms with Crippen molar-refractivity contribution in [1.82, 2.24) is 4.98 Å². The van der Waals surface area contributed by atoms with Crippen LogP contribution < -0.4 is 4.74 Å². The number of oxime groups is 1. The largest absolute Gasteiger partial charge is 0.497 e. The fourth-order valence-electron chi connectivity index (χ4n) is 2.23. The summed E-state index contributed by atoms with van der Waals surface area (Å²) in [5.74, 6) is 0.797. The highest BCUT2D eigenvalue weighted by Gasteiger charge is 2.11. The number of nitrogens with zero attached hydrogens (tertiary/aromatic N) is 1. The van der Waals surface area contributed by atoms with Gasteiger partial charge in [-0.1, -0.05) is 35.5 Å². The minimum Gasteiger partial charge on any atom is -0.497 e. The second-order valence-corrected chi connectivity index (χ2v) is 4.45. The van der Waals surface area contributed by atoms with Gasteiger partial charge >= 0.3 is 0 Å². The Morgan fingerprint density at radius 1 is 1.10 bits per heavy atom. The number of nitrogens with one attached hydrogen (secondary N) is 1. The highest BCUT2D eigenvalue weighted by Crippen LogP contribution is 2.23. The van der Waals surface area contributed by atoms with Crippen molar-refractivity contribution in [3.8, 4) is 5.75 Å². The van der Waals surface area contributed by atoms with Crippen LogP contribution in [0.15, 0.2) is 59.8 Å². The molecule has 4 nitrogen and oxygen atoms in total. The molecule has 0 spiro atoms. The monoisotopic (exact) mass is 266 g/mol. The van der Waals surface area contributed by atoms with E-state index < -0.39 is 0 Å². The average Bonchev–Trinajstić information content (AvgIpc) is 2.91. The van der Waals surface area contributed by atoms with Crippen molar-refractivity contribution in [2.45, 2.75) is 0 Å². The van der Waals surface area contributed by atoms with E-state index >= 15 is 0 Å². The van der Waals surface area contributed by atoms with Gasteiger partial charge in [0.15, 0.2) is 0 Å².